The van der Waals surface area contributed by atoms with Crippen LogP contribution in [-0.4, -0.2) is 31.0 Å². The summed E-state index contributed by atoms with van der Waals surface area (Å²) in [7, 11) is 0. The molecule has 4 rings (SSSR count). The molecule has 0 aliphatic carbocycles. The van der Waals surface area contributed by atoms with Gasteiger partial charge in [-0.15, -0.1) is 0 Å². The van der Waals surface area contributed by atoms with E-state index in [1.165, 1.54) is 17.7 Å². The molecule has 124 valence electrons. The summed E-state index contributed by atoms with van der Waals surface area (Å²) in [6, 6.07) is 4.82. The second-order valence-corrected chi connectivity index (χ2v) is 6.26. The van der Waals surface area contributed by atoms with E-state index in [0.717, 1.165) is 61.0 Å². The fourth-order valence-electron chi connectivity index (χ4n) is 3.42. The van der Waals surface area contributed by atoms with Crippen molar-refractivity contribution in [3.8, 4) is 0 Å². The van der Waals surface area contributed by atoms with Gasteiger partial charge in [0.25, 0.3) is 0 Å². The topological polar surface area (TPSA) is 46.8 Å². The normalized spacial score (nSPS) is 15.0. The fourth-order valence-corrected chi connectivity index (χ4v) is 3.42. The Kier molecular flexibility index (Phi) is 3.76. The number of halogens is 1. The Hall–Kier alpha value is -2.34. The van der Waals surface area contributed by atoms with Gasteiger partial charge in [0.1, 0.15) is 17.5 Å². The molecular formula is C18H20FN5. The minimum Gasteiger partial charge on any atom is -0.327 e. The van der Waals surface area contributed by atoms with Gasteiger partial charge in [-0.05, 0) is 38.0 Å². The number of benzene rings is 1. The molecule has 24 heavy (non-hydrogen) atoms. The highest BCUT2D eigenvalue weighted by molar-refractivity contribution is 5.76. The van der Waals surface area contributed by atoms with Crippen LogP contribution in [0.25, 0.3) is 11.0 Å². The Morgan fingerprint density at radius 1 is 1.25 bits per heavy atom. The zero-order chi connectivity index (χ0) is 16.7. The fraction of sp³-hybridized carbons (Fsp3) is 0.389. The van der Waals surface area contributed by atoms with Crippen molar-refractivity contribution in [3.63, 3.8) is 0 Å². The maximum Gasteiger partial charge on any atom is 0.125 e. The summed E-state index contributed by atoms with van der Waals surface area (Å²) >= 11 is 0. The number of imidazole rings is 1. The predicted molar refractivity (Wildman–Crippen MR) is 90.0 cm³/mol. The Labute approximate surface area is 140 Å². The van der Waals surface area contributed by atoms with Gasteiger partial charge in [-0.25, -0.2) is 19.3 Å². The van der Waals surface area contributed by atoms with E-state index in [4.69, 9.17) is 0 Å². The Bertz CT molecular complexity index is 902. The lowest BCUT2D eigenvalue weighted by atomic mass is 10.1. The number of fused-ring (bicyclic) bond motifs is 2. The summed E-state index contributed by atoms with van der Waals surface area (Å²) in [5.74, 6) is 1.55. The third-order valence-electron chi connectivity index (χ3n) is 4.62. The summed E-state index contributed by atoms with van der Waals surface area (Å²) in [4.78, 5) is 15.9. The lowest BCUT2D eigenvalue weighted by Gasteiger charge is -2.27. The van der Waals surface area contributed by atoms with E-state index in [0.29, 0.717) is 0 Å². The van der Waals surface area contributed by atoms with Gasteiger partial charge in [0.2, 0.25) is 0 Å². The molecule has 0 amide bonds. The number of aryl methyl sites for hydroxylation is 2. The summed E-state index contributed by atoms with van der Waals surface area (Å²) in [5, 5.41) is 0. The van der Waals surface area contributed by atoms with Crippen molar-refractivity contribution < 1.29 is 4.39 Å². The average molecular weight is 325 g/mol. The number of hydrogen-bond acceptors (Lipinski definition) is 4. The highest BCUT2D eigenvalue weighted by Crippen LogP contribution is 2.22. The lowest BCUT2D eigenvalue weighted by molar-refractivity contribution is 0.232. The molecule has 0 atom stereocenters. The number of hydrogen-bond donors (Lipinski definition) is 0. The van der Waals surface area contributed by atoms with Crippen molar-refractivity contribution in [2.45, 2.75) is 39.9 Å². The minimum atomic E-state index is -0.242. The van der Waals surface area contributed by atoms with Crippen LogP contribution in [-0.2, 0) is 26.1 Å². The van der Waals surface area contributed by atoms with Gasteiger partial charge in [0, 0.05) is 31.9 Å². The molecular weight excluding hydrogens is 305 g/mol. The Morgan fingerprint density at radius 3 is 2.96 bits per heavy atom. The van der Waals surface area contributed by atoms with E-state index in [9.17, 15) is 4.39 Å². The van der Waals surface area contributed by atoms with Gasteiger partial charge in [-0.3, -0.25) is 4.90 Å². The van der Waals surface area contributed by atoms with Crippen molar-refractivity contribution >= 4 is 11.0 Å². The molecule has 2 aromatic heterocycles. The molecule has 0 saturated heterocycles. The second kappa shape index (κ2) is 5.94. The van der Waals surface area contributed by atoms with Crippen LogP contribution in [0.3, 0.4) is 0 Å². The lowest BCUT2D eigenvalue weighted by Crippen LogP contribution is -2.32. The first-order valence-corrected chi connectivity index (χ1v) is 8.32. The average Bonchev–Trinajstić information content (AvgIpc) is 2.90. The van der Waals surface area contributed by atoms with Crippen LogP contribution in [0, 0.1) is 12.7 Å². The first kappa shape index (κ1) is 15.2. The summed E-state index contributed by atoms with van der Waals surface area (Å²) in [6.07, 6.45) is 2.90. The molecule has 0 bridgehead atoms. The maximum atomic E-state index is 13.5. The van der Waals surface area contributed by atoms with E-state index in [-0.39, 0.29) is 5.82 Å². The van der Waals surface area contributed by atoms with E-state index in [1.807, 2.05) is 19.2 Å². The standard InChI is InChI=1S/C18H20FN5/c1-3-24-17-5-4-14(19)8-15(17)22-18(24)11-23-7-6-13-9-20-12(2)21-16(13)10-23/h4-5,8-9H,3,6-7,10-11H2,1-2H3. The first-order chi connectivity index (χ1) is 11.6. The molecule has 3 heterocycles. The molecule has 0 unspecified atom stereocenters. The van der Waals surface area contributed by atoms with E-state index in [2.05, 4.69) is 31.3 Å². The van der Waals surface area contributed by atoms with Crippen molar-refractivity contribution in [2.75, 3.05) is 6.54 Å². The zero-order valence-corrected chi connectivity index (χ0v) is 14.0. The monoisotopic (exact) mass is 325 g/mol. The highest BCUT2D eigenvalue weighted by atomic mass is 19.1. The SMILES string of the molecule is CCn1c(CN2CCc3cnc(C)nc3C2)nc2cc(F)ccc21. The van der Waals surface area contributed by atoms with Gasteiger partial charge in [-0.2, -0.15) is 0 Å². The molecule has 1 aliphatic rings. The van der Waals surface area contributed by atoms with Crippen LogP contribution in [0.15, 0.2) is 24.4 Å². The molecule has 6 heteroatoms. The van der Waals surface area contributed by atoms with Crippen LogP contribution in [0.1, 0.15) is 29.8 Å². The first-order valence-electron chi connectivity index (χ1n) is 8.32. The van der Waals surface area contributed by atoms with Gasteiger partial charge in [0.15, 0.2) is 0 Å². The van der Waals surface area contributed by atoms with Gasteiger partial charge in [-0.1, -0.05) is 0 Å². The van der Waals surface area contributed by atoms with Crippen molar-refractivity contribution in [3.05, 3.63) is 53.1 Å². The number of nitrogens with zero attached hydrogens (tertiary/aromatic N) is 5. The Balaban J connectivity index is 1.63. The molecule has 0 spiro atoms. The molecule has 5 nitrogen and oxygen atoms in total. The van der Waals surface area contributed by atoms with Crippen LogP contribution >= 0.6 is 0 Å². The zero-order valence-electron chi connectivity index (χ0n) is 14.0. The molecule has 0 saturated carbocycles. The smallest absolute Gasteiger partial charge is 0.125 e. The van der Waals surface area contributed by atoms with Crippen LogP contribution in [0.4, 0.5) is 4.39 Å². The second-order valence-electron chi connectivity index (χ2n) is 6.26. The van der Waals surface area contributed by atoms with Crippen molar-refractivity contribution in [1.82, 2.24) is 24.4 Å². The summed E-state index contributed by atoms with van der Waals surface area (Å²) in [6.45, 7) is 7.34. The molecule has 1 aromatic carbocycles. The quantitative estimate of drug-likeness (QED) is 0.743. The maximum absolute atomic E-state index is 13.5. The third-order valence-corrected chi connectivity index (χ3v) is 4.62. The third kappa shape index (κ3) is 2.67. The summed E-state index contributed by atoms with van der Waals surface area (Å²) < 4.78 is 15.6. The van der Waals surface area contributed by atoms with Crippen molar-refractivity contribution in [2.24, 2.45) is 0 Å². The largest absolute Gasteiger partial charge is 0.327 e. The van der Waals surface area contributed by atoms with E-state index < -0.39 is 0 Å². The molecule has 0 fully saturated rings. The van der Waals surface area contributed by atoms with Crippen LogP contribution < -0.4 is 0 Å². The van der Waals surface area contributed by atoms with Gasteiger partial charge in [0.05, 0.1) is 23.3 Å². The number of rotatable bonds is 3. The van der Waals surface area contributed by atoms with Crippen LogP contribution in [0.2, 0.25) is 0 Å². The van der Waals surface area contributed by atoms with E-state index >= 15 is 0 Å². The minimum absolute atomic E-state index is 0.242. The number of aromatic nitrogens is 4. The molecule has 0 radical (unpaired) electrons. The van der Waals surface area contributed by atoms with Crippen molar-refractivity contribution in [1.29, 1.82) is 0 Å². The van der Waals surface area contributed by atoms with Crippen LogP contribution in [0.5, 0.6) is 0 Å². The van der Waals surface area contributed by atoms with Gasteiger partial charge >= 0.3 is 0 Å². The Morgan fingerprint density at radius 2 is 2.12 bits per heavy atom. The summed E-state index contributed by atoms with van der Waals surface area (Å²) in [5.41, 5.74) is 4.06. The molecule has 1 aliphatic heterocycles. The predicted octanol–water partition coefficient (Wildman–Crippen LogP) is 2.85. The van der Waals surface area contributed by atoms with E-state index in [1.54, 1.807) is 0 Å². The molecule has 0 N–H and O–H groups in total. The highest BCUT2D eigenvalue weighted by Gasteiger charge is 2.20. The van der Waals surface area contributed by atoms with Gasteiger partial charge < -0.3 is 4.57 Å². The molecule has 3 aromatic rings.